The number of methoxy groups -OCH3 is 3. The second kappa shape index (κ2) is 3.89. The maximum atomic E-state index is 7.01. The lowest BCUT2D eigenvalue weighted by atomic mass is 10.2. The highest BCUT2D eigenvalue weighted by Gasteiger charge is 2.11. The summed E-state index contributed by atoms with van der Waals surface area (Å²) in [5, 5.41) is 0. The molecule has 0 amide bonds. The number of rotatable bonds is 3. The lowest BCUT2D eigenvalue weighted by molar-refractivity contribution is 0.325. The van der Waals surface area contributed by atoms with E-state index < -0.39 is 7.04 Å². The molecular formula is C9H13NO3. The monoisotopic (exact) mass is 186 g/mol. The normalized spacial score (nSPS) is 13.8. The molecule has 0 aromatic heterocycles. The molecule has 0 aliphatic carbocycles. The summed E-state index contributed by atoms with van der Waals surface area (Å²) in [7, 11) is 0.253. The second-order valence-corrected chi connectivity index (χ2v) is 2.36. The molecule has 0 aliphatic heterocycles. The van der Waals surface area contributed by atoms with E-state index >= 15 is 0 Å². The molecule has 4 heteroatoms. The van der Waals surface area contributed by atoms with E-state index in [0.29, 0.717) is 11.4 Å². The molecule has 1 aromatic rings. The fraction of sp³-hybridized carbons (Fsp3) is 0.333. The third kappa shape index (κ3) is 1.77. The number of nitrogens with two attached hydrogens (primary N) is 1. The fourth-order valence-corrected chi connectivity index (χ4v) is 1.03. The van der Waals surface area contributed by atoms with E-state index in [1.165, 1.54) is 26.4 Å². The minimum absolute atomic E-state index is 0.0272. The highest BCUT2D eigenvalue weighted by atomic mass is 16.5. The van der Waals surface area contributed by atoms with Crippen molar-refractivity contribution in [2.24, 2.45) is 0 Å². The molecule has 4 nitrogen and oxygen atoms in total. The largest absolute Gasteiger partial charge is 0.493 e. The van der Waals surface area contributed by atoms with E-state index in [9.17, 15) is 0 Å². The van der Waals surface area contributed by atoms with Crippen LogP contribution in [0.25, 0.3) is 0 Å². The average Bonchev–Trinajstić information content (AvgIpc) is 2.14. The number of nitrogen functional groups attached to an aromatic ring is 1. The van der Waals surface area contributed by atoms with Crippen LogP contribution in [0.2, 0.25) is 0 Å². The van der Waals surface area contributed by atoms with Crippen molar-refractivity contribution in [3.05, 3.63) is 12.1 Å². The summed E-state index contributed by atoms with van der Waals surface area (Å²) in [5.41, 5.74) is 5.91. The standard InChI is InChI=1S/C9H13NO3/c1-11-7-4-6(10)5-8(12-2)9(7)13-3/h4-5H,10H2,1-3H3/i1D3. The third-order valence-electron chi connectivity index (χ3n) is 1.58. The van der Waals surface area contributed by atoms with Crippen LogP contribution in [-0.2, 0) is 0 Å². The number of anilines is 1. The highest BCUT2D eigenvalue weighted by Crippen LogP contribution is 2.38. The molecule has 1 rings (SSSR count). The Morgan fingerprint density at radius 2 is 1.77 bits per heavy atom. The van der Waals surface area contributed by atoms with Gasteiger partial charge >= 0.3 is 0 Å². The van der Waals surface area contributed by atoms with Crippen molar-refractivity contribution in [2.45, 2.75) is 0 Å². The van der Waals surface area contributed by atoms with Crippen molar-refractivity contribution in [1.29, 1.82) is 0 Å². The fourth-order valence-electron chi connectivity index (χ4n) is 1.03. The van der Waals surface area contributed by atoms with Crippen molar-refractivity contribution in [1.82, 2.24) is 0 Å². The topological polar surface area (TPSA) is 53.7 Å². The Hall–Kier alpha value is -1.58. The molecule has 0 saturated carbocycles. The molecule has 0 radical (unpaired) electrons. The molecule has 0 bridgehead atoms. The van der Waals surface area contributed by atoms with Gasteiger partial charge in [0, 0.05) is 17.8 Å². The van der Waals surface area contributed by atoms with Crippen molar-refractivity contribution < 1.29 is 18.3 Å². The number of benzene rings is 1. The van der Waals surface area contributed by atoms with E-state index in [2.05, 4.69) is 0 Å². The zero-order valence-electron chi connectivity index (χ0n) is 10.5. The van der Waals surface area contributed by atoms with E-state index in [-0.39, 0.29) is 11.5 Å². The van der Waals surface area contributed by atoms with Crippen molar-refractivity contribution >= 4 is 5.69 Å². The number of ether oxygens (including phenoxy) is 3. The predicted molar refractivity (Wildman–Crippen MR) is 50.5 cm³/mol. The molecule has 1 aromatic carbocycles. The molecule has 2 N–H and O–H groups in total. The molecule has 0 atom stereocenters. The van der Waals surface area contributed by atoms with Crippen molar-refractivity contribution in [3.8, 4) is 17.2 Å². The lowest BCUT2D eigenvalue weighted by Gasteiger charge is -2.12. The van der Waals surface area contributed by atoms with Crippen LogP contribution in [0.1, 0.15) is 4.11 Å². The number of hydrogen-bond acceptors (Lipinski definition) is 4. The second-order valence-electron chi connectivity index (χ2n) is 2.36. The van der Waals surface area contributed by atoms with Crippen LogP contribution in [0.5, 0.6) is 17.2 Å². The smallest absolute Gasteiger partial charge is 0.203 e. The Labute approximate surface area is 81.4 Å². The Balaban J connectivity index is 3.20. The molecule has 0 aliphatic rings. The quantitative estimate of drug-likeness (QED) is 0.723. The van der Waals surface area contributed by atoms with Crippen molar-refractivity contribution in [2.75, 3.05) is 27.0 Å². The molecule has 0 unspecified atom stereocenters. The molecule has 72 valence electrons. The molecule has 0 spiro atoms. The van der Waals surface area contributed by atoms with Gasteiger partial charge in [0.1, 0.15) is 0 Å². The Morgan fingerprint density at radius 3 is 2.23 bits per heavy atom. The lowest BCUT2D eigenvalue weighted by Crippen LogP contribution is -1.96. The summed E-state index contributed by atoms with van der Waals surface area (Å²) < 4.78 is 35.8. The van der Waals surface area contributed by atoms with Gasteiger partial charge in [0.05, 0.1) is 25.4 Å². The maximum absolute atomic E-state index is 7.01. The van der Waals surface area contributed by atoms with Crippen molar-refractivity contribution in [3.63, 3.8) is 0 Å². The van der Waals surface area contributed by atoms with E-state index in [4.69, 9.17) is 24.1 Å². The summed E-state index contributed by atoms with van der Waals surface area (Å²) in [6, 6.07) is 2.89. The molecule has 13 heavy (non-hydrogen) atoms. The summed E-state index contributed by atoms with van der Waals surface area (Å²) in [6.07, 6.45) is 0. The average molecular weight is 186 g/mol. The van der Waals surface area contributed by atoms with Gasteiger partial charge < -0.3 is 19.9 Å². The van der Waals surface area contributed by atoms with Gasteiger partial charge in [-0.2, -0.15) is 0 Å². The summed E-state index contributed by atoms with van der Waals surface area (Å²) in [6.45, 7) is 0. The molecule has 0 fully saturated rings. The Kier molecular flexibility index (Phi) is 1.78. The van der Waals surface area contributed by atoms with E-state index in [1.54, 1.807) is 0 Å². The summed E-state index contributed by atoms with van der Waals surface area (Å²) in [5.74, 6) is 0.550. The van der Waals surface area contributed by atoms with Crippen LogP contribution in [0.15, 0.2) is 12.1 Å². The first-order chi connectivity index (χ1) is 7.37. The summed E-state index contributed by atoms with van der Waals surface area (Å²) in [4.78, 5) is 0. The highest BCUT2D eigenvalue weighted by molar-refractivity contribution is 5.60. The van der Waals surface area contributed by atoms with Crippen LogP contribution < -0.4 is 19.9 Å². The van der Waals surface area contributed by atoms with Gasteiger partial charge in [-0.05, 0) is 0 Å². The van der Waals surface area contributed by atoms with Gasteiger partial charge in [-0.25, -0.2) is 0 Å². The Bertz CT molecular complexity index is 379. The van der Waals surface area contributed by atoms with Crippen LogP contribution >= 0.6 is 0 Å². The van der Waals surface area contributed by atoms with Gasteiger partial charge in [0.2, 0.25) is 5.75 Å². The van der Waals surface area contributed by atoms with Gasteiger partial charge in [-0.1, -0.05) is 0 Å². The van der Waals surface area contributed by atoms with Gasteiger partial charge in [0.15, 0.2) is 11.5 Å². The van der Waals surface area contributed by atoms with Gasteiger partial charge in [0.25, 0.3) is 0 Å². The van der Waals surface area contributed by atoms with E-state index in [0.717, 1.165) is 0 Å². The third-order valence-corrected chi connectivity index (χ3v) is 1.58. The first-order valence-electron chi connectivity index (χ1n) is 5.08. The minimum Gasteiger partial charge on any atom is -0.493 e. The van der Waals surface area contributed by atoms with Crippen LogP contribution in [0, 0.1) is 0 Å². The van der Waals surface area contributed by atoms with Crippen LogP contribution in [0.4, 0.5) is 5.69 Å². The zero-order valence-corrected chi connectivity index (χ0v) is 7.46. The van der Waals surface area contributed by atoms with E-state index in [1.807, 2.05) is 0 Å². The zero-order chi connectivity index (χ0) is 12.3. The minimum atomic E-state index is -2.56. The number of hydrogen-bond donors (Lipinski definition) is 1. The first-order valence-corrected chi connectivity index (χ1v) is 3.58. The molecule has 0 heterocycles. The van der Waals surface area contributed by atoms with Gasteiger partial charge in [-0.3, -0.25) is 0 Å². The summed E-state index contributed by atoms with van der Waals surface area (Å²) >= 11 is 0. The van der Waals surface area contributed by atoms with Crippen LogP contribution in [0.3, 0.4) is 0 Å². The predicted octanol–water partition coefficient (Wildman–Crippen LogP) is 1.29. The Morgan fingerprint density at radius 1 is 1.15 bits per heavy atom. The molecular weight excluding hydrogens is 170 g/mol. The first kappa shape index (κ1) is 5.96. The van der Waals surface area contributed by atoms with Crippen LogP contribution in [-0.4, -0.2) is 21.3 Å². The SMILES string of the molecule is [2H]C([2H])([2H])Oc1cc(N)cc(OC)c1OC. The molecule has 0 saturated heterocycles. The maximum Gasteiger partial charge on any atom is 0.203 e. The van der Waals surface area contributed by atoms with Gasteiger partial charge in [-0.15, -0.1) is 0 Å².